The summed E-state index contributed by atoms with van der Waals surface area (Å²) < 4.78 is 11.2. The van der Waals surface area contributed by atoms with Gasteiger partial charge in [0.05, 0.1) is 15.6 Å². The quantitative estimate of drug-likeness (QED) is 0.678. The highest BCUT2D eigenvalue weighted by Gasteiger charge is 2.12. The van der Waals surface area contributed by atoms with Gasteiger partial charge < -0.3 is 9.15 Å². The van der Waals surface area contributed by atoms with Crippen LogP contribution in [-0.4, -0.2) is 10.2 Å². The summed E-state index contributed by atoms with van der Waals surface area (Å²) in [6.07, 6.45) is 0. The van der Waals surface area contributed by atoms with Crippen molar-refractivity contribution < 1.29 is 9.15 Å². The Morgan fingerprint density at radius 1 is 1.05 bits per heavy atom. The zero-order chi connectivity index (χ0) is 15.5. The highest BCUT2D eigenvalue weighted by Crippen LogP contribution is 2.28. The summed E-state index contributed by atoms with van der Waals surface area (Å²) in [7, 11) is 0. The van der Waals surface area contributed by atoms with E-state index in [0.29, 0.717) is 33.1 Å². The molecule has 0 saturated carbocycles. The van der Waals surface area contributed by atoms with E-state index in [9.17, 15) is 0 Å². The van der Waals surface area contributed by atoms with Gasteiger partial charge in [0.15, 0.2) is 6.61 Å². The molecule has 0 bridgehead atoms. The van der Waals surface area contributed by atoms with Gasteiger partial charge in [-0.3, -0.25) is 0 Å². The van der Waals surface area contributed by atoms with E-state index in [1.807, 2.05) is 37.3 Å². The molecule has 112 valence electrons. The van der Waals surface area contributed by atoms with Gasteiger partial charge in [0.1, 0.15) is 5.75 Å². The molecule has 0 N–H and O–H groups in total. The van der Waals surface area contributed by atoms with Crippen LogP contribution in [0.1, 0.15) is 11.5 Å². The lowest BCUT2D eigenvalue weighted by atomic mass is 10.2. The average molecular weight is 335 g/mol. The van der Waals surface area contributed by atoms with Gasteiger partial charge in [0, 0.05) is 0 Å². The van der Waals surface area contributed by atoms with Crippen LogP contribution < -0.4 is 4.74 Å². The number of ether oxygens (including phenoxy) is 1. The smallest absolute Gasteiger partial charge is 0.254 e. The second-order valence-electron chi connectivity index (χ2n) is 4.70. The number of rotatable bonds is 4. The first kappa shape index (κ1) is 14.9. The van der Waals surface area contributed by atoms with E-state index in [0.717, 1.165) is 5.56 Å². The van der Waals surface area contributed by atoms with Gasteiger partial charge >= 0.3 is 0 Å². The van der Waals surface area contributed by atoms with Gasteiger partial charge in [-0.15, -0.1) is 10.2 Å². The lowest BCUT2D eigenvalue weighted by Crippen LogP contribution is -1.96. The minimum Gasteiger partial charge on any atom is -0.482 e. The first-order chi connectivity index (χ1) is 10.6. The van der Waals surface area contributed by atoms with Crippen molar-refractivity contribution in [3.63, 3.8) is 0 Å². The highest BCUT2D eigenvalue weighted by atomic mass is 35.5. The van der Waals surface area contributed by atoms with Crippen LogP contribution in [0.15, 0.2) is 46.9 Å². The molecular weight excluding hydrogens is 323 g/mol. The van der Waals surface area contributed by atoms with Crippen molar-refractivity contribution in [2.24, 2.45) is 0 Å². The van der Waals surface area contributed by atoms with Crippen LogP contribution in [0.25, 0.3) is 11.5 Å². The summed E-state index contributed by atoms with van der Waals surface area (Å²) in [6.45, 7) is 2.10. The van der Waals surface area contributed by atoms with E-state index in [1.165, 1.54) is 0 Å². The van der Waals surface area contributed by atoms with Crippen molar-refractivity contribution in [3.05, 3.63) is 64.0 Å². The molecule has 4 nitrogen and oxygen atoms in total. The number of benzene rings is 2. The molecule has 6 heteroatoms. The molecule has 3 rings (SSSR count). The molecular formula is C16H12Cl2N2O2. The number of halogens is 2. The van der Waals surface area contributed by atoms with Crippen molar-refractivity contribution in [2.75, 3.05) is 0 Å². The molecule has 0 spiro atoms. The third-order valence-corrected chi connectivity index (χ3v) is 3.65. The molecule has 0 saturated heterocycles. The van der Waals surface area contributed by atoms with Crippen LogP contribution >= 0.6 is 23.2 Å². The summed E-state index contributed by atoms with van der Waals surface area (Å²) in [5.74, 6) is 1.30. The fraction of sp³-hybridized carbons (Fsp3) is 0.125. The first-order valence-electron chi connectivity index (χ1n) is 6.60. The van der Waals surface area contributed by atoms with Crippen LogP contribution in [0.2, 0.25) is 10.0 Å². The topological polar surface area (TPSA) is 48.2 Å². The molecule has 0 aliphatic rings. The minimum absolute atomic E-state index is 0.140. The third-order valence-electron chi connectivity index (χ3n) is 3.01. The second kappa shape index (κ2) is 6.38. The molecule has 1 heterocycles. The normalized spacial score (nSPS) is 10.7. The number of nitrogens with zero attached hydrogens (tertiary/aromatic N) is 2. The lowest BCUT2D eigenvalue weighted by Gasteiger charge is -2.06. The maximum absolute atomic E-state index is 6.10. The third kappa shape index (κ3) is 3.24. The monoisotopic (exact) mass is 334 g/mol. The van der Waals surface area contributed by atoms with E-state index < -0.39 is 0 Å². The molecule has 0 amide bonds. The summed E-state index contributed by atoms with van der Waals surface area (Å²) in [6, 6.07) is 12.8. The summed E-state index contributed by atoms with van der Waals surface area (Å²) >= 11 is 12.2. The van der Waals surface area contributed by atoms with Gasteiger partial charge in [0.2, 0.25) is 5.89 Å². The molecule has 0 fully saturated rings. The van der Waals surface area contributed by atoms with E-state index in [1.54, 1.807) is 12.1 Å². The minimum atomic E-state index is 0.140. The molecule has 1 aromatic heterocycles. The molecule has 3 aromatic rings. The molecule has 0 unspecified atom stereocenters. The van der Waals surface area contributed by atoms with Crippen LogP contribution in [0.4, 0.5) is 0 Å². The van der Waals surface area contributed by atoms with Crippen molar-refractivity contribution in [1.82, 2.24) is 10.2 Å². The van der Waals surface area contributed by atoms with Gasteiger partial charge in [-0.1, -0.05) is 41.4 Å². The van der Waals surface area contributed by atoms with Crippen LogP contribution in [0, 0.1) is 6.92 Å². The molecule has 22 heavy (non-hydrogen) atoms. The van der Waals surface area contributed by atoms with Crippen molar-refractivity contribution in [3.8, 4) is 17.2 Å². The zero-order valence-corrected chi connectivity index (χ0v) is 13.2. The fourth-order valence-electron chi connectivity index (χ4n) is 1.92. The lowest BCUT2D eigenvalue weighted by molar-refractivity contribution is 0.264. The van der Waals surface area contributed by atoms with E-state index in [-0.39, 0.29) is 6.61 Å². The van der Waals surface area contributed by atoms with Crippen molar-refractivity contribution >= 4 is 23.2 Å². The summed E-state index contributed by atoms with van der Waals surface area (Å²) in [4.78, 5) is 0. The Labute approximate surface area is 137 Å². The van der Waals surface area contributed by atoms with E-state index in [2.05, 4.69) is 10.2 Å². The van der Waals surface area contributed by atoms with Gasteiger partial charge in [0.25, 0.3) is 5.89 Å². The van der Waals surface area contributed by atoms with Crippen LogP contribution in [-0.2, 0) is 6.61 Å². The number of hydrogen-bond donors (Lipinski definition) is 0. The highest BCUT2D eigenvalue weighted by molar-refractivity contribution is 6.33. The largest absolute Gasteiger partial charge is 0.482 e. The summed E-state index contributed by atoms with van der Waals surface area (Å²) in [5, 5.41) is 9.04. The maximum Gasteiger partial charge on any atom is 0.254 e. The zero-order valence-electron chi connectivity index (χ0n) is 11.7. The predicted octanol–water partition coefficient (Wildman–Crippen LogP) is 4.93. The van der Waals surface area contributed by atoms with E-state index >= 15 is 0 Å². The van der Waals surface area contributed by atoms with Crippen LogP contribution in [0.3, 0.4) is 0 Å². The molecule has 0 atom stereocenters. The van der Waals surface area contributed by atoms with Crippen molar-refractivity contribution in [1.29, 1.82) is 0 Å². The second-order valence-corrected chi connectivity index (χ2v) is 5.52. The van der Waals surface area contributed by atoms with Gasteiger partial charge in [-0.05, 0) is 36.8 Å². The Bertz CT molecular complexity index is 802. The SMILES string of the molecule is Cc1ccc(Cl)c(OCc2nnc(-c3ccccc3Cl)o2)c1. The Morgan fingerprint density at radius 2 is 1.86 bits per heavy atom. The maximum atomic E-state index is 6.10. The Kier molecular flexibility index (Phi) is 4.32. The standard InChI is InChI=1S/C16H12Cl2N2O2/c1-10-6-7-13(18)14(8-10)21-9-15-19-20-16(22-15)11-4-2-3-5-12(11)17/h2-8H,9H2,1H3. The van der Waals surface area contributed by atoms with Gasteiger partial charge in [-0.25, -0.2) is 0 Å². The first-order valence-corrected chi connectivity index (χ1v) is 7.35. The number of aromatic nitrogens is 2. The van der Waals surface area contributed by atoms with Crippen LogP contribution in [0.5, 0.6) is 5.75 Å². The molecule has 0 aliphatic carbocycles. The molecule has 0 radical (unpaired) electrons. The average Bonchev–Trinajstić information content (AvgIpc) is 2.97. The molecule has 2 aromatic carbocycles. The number of aryl methyl sites for hydroxylation is 1. The summed E-state index contributed by atoms with van der Waals surface area (Å²) in [5.41, 5.74) is 1.75. The number of hydrogen-bond acceptors (Lipinski definition) is 4. The van der Waals surface area contributed by atoms with E-state index in [4.69, 9.17) is 32.4 Å². The Hall–Kier alpha value is -2.04. The molecule has 0 aliphatic heterocycles. The predicted molar refractivity (Wildman–Crippen MR) is 85.3 cm³/mol. The van der Waals surface area contributed by atoms with Crippen molar-refractivity contribution in [2.45, 2.75) is 13.5 Å². The Balaban J connectivity index is 1.75. The fourth-order valence-corrected chi connectivity index (χ4v) is 2.30. The Morgan fingerprint density at radius 3 is 2.68 bits per heavy atom. The van der Waals surface area contributed by atoms with Gasteiger partial charge in [-0.2, -0.15) is 0 Å².